The van der Waals surface area contributed by atoms with Gasteiger partial charge in [-0.25, -0.2) is 0 Å². The summed E-state index contributed by atoms with van der Waals surface area (Å²) < 4.78 is 5.81. The summed E-state index contributed by atoms with van der Waals surface area (Å²) in [6.45, 7) is 4.47. The molecular weight excluding hydrogens is 184 g/mol. The van der Waals surface area contributed by atoms with Crippen LogP contribution in [0.4, 0.5) is 0 Å². The summed E-state index contributed by atoms with van der Waals surface area (Å²) in [6, 6.07) is 0. The lowest BCUT2D eigenvalue weighted by Crippen LogP contribution is -2.10. The third-order valence-corrected chi connectivity index (χ3v) is 2.75. The molecule has 0 bridgehead atoms. The van der Waals surface area contributed by atoms with Gasteiger partial charge in [0.15, 0.2) is 0 Å². The van der Waals surface area contributed by atoms with Crippen molar-refractivity contribution in [2.24, 2.45) is 5.41 Å². The van der Waals surface area contributed by atoms with Gasteiger partial charge in [-0.1, -0.05) is 32.1 Å². The van der Waals surface area contributed by atoms with Crippen LogP contribution < -0.4 is 0 Å². The lowest BCUT2D eigenvalue weighted by molar-refractivity contribution is 0.294. The van der Waals surface area contributed by atoms with Crippen LogP contribution in [0, 0.1) is 5.41 Å². The van der Waals surface area contributed by atoms with Crippen molar-refractivity contribution >= 4 is 0 Å². The molecule has 0 radical (unpaired) electrons. The molecule has 0 N–H and O–H groups in total. The Morgan fingerprint density at radius 3 is 2.80 bits per heavy atom. The van der Waals surface area contributed by atoms with Gasteiger partial charge >= 0.3 is 0 Å². The normalized spacial score (nSPS) is 23.3. The van der Waals surface area contributed by atoms with E-state index in [1.807, 2.05) is 0 Å². The smallest absolute Gasteiger partial charge is 0.122 e. The van der Waals surface area contributed by atoms with Crippen LogP contribution in [0.25, 0.3) is 0 Å². The van der Waals surface area contributed by atoms with E-state index in [1.54, 1.807) is 0 Å². The van der Waals surface area contributed by atoms with E-state index in [1.165, 1.54) is 0 Å². The summed E-state index contributed by atoms with van der Waals surface area (Å²) in [7, 11) is 0. The van der Waals surface area contributed by atoms with Crippen LogP contribution in [0.3, 0.4) is 0 Å². The molecule has 0 saturated carbocycles. The largest absolute Gasteiger partial charge is 0.462 e. The molecule has 0 atom stereocenters. The Hall–Kier alpha value is -1.24. The second kappa shape index (κ2) is 4.09. The zero-order chi connectivity index (χ0) is 10.7. The van der Waals surface area contributed by atoms with Gasteiger partial charge in [0.25, 0.3) is 0 Å². The first kappa shape index (κ1) is 10.3. The highest BCUT2D eigenvalue weighted by atomic mass is 16.5. The first-order chi connectivity index (χ1) is 7.16. The predicted molar refractivity (Wildman–Crippen MR) is 63.2 cm³/mol. The molecule has 0 saturated heterocycles. The Morgan fingerprint density at radius 2 is 2.20 bits per heavy atom. The van der Waals surface area contributed by atoms with Crippen molar-refractivity contribution in [2.75, 3.05) is 0 Å². The number of hydrogen-bond donors (Lipinski definition) is 0. The van der Waals surface area contributed by atoms with E-state index in [9.17, 15) is 0 Å². The van der Waals surface area contributed by atoms with Crippen molar-refractivity contribution in [3.63, 3.8) is 0 Å². The molecule has 0 aliphatic heterocycles. The molecule has 0 unspecified atom stereocenters. The molecule has 2 rings (SSSR count). The predicted octanol–water partition coefficient (Wildman–Crippen LogP) is 4.11. The van der Waals surface area contributed by atoms with Gasteiger partial charge in [0.05, 0.1) is 0 Å². The highest BCUT2D eigenvalue weighted by molar-refractivity contribution is 5.24. The average Bonchev–Trinajstić information content (AvgIpc) is 2.23. The molecule has 2 aliphatic rings. The van der Waals surface area contributed by atoms with Gasteiger partial charge in [-0.15, -0.1) is 0 Å². The molecule has 0 heterocycles. The van der Waals surface area contributed by atoms with Crippen LogP contribution in [-0.4, -0.2) is 0 Å². The topological polar surface area (TPSA) is 9.23 Å². The SMILES string of the molecule is CC1(C)C=CC(OC2=CC=CCC2)=CC1. The number of allylic oxidation sites excluding steroid dienone is 7. The Balaban J connectivity index is 1.97. The van der Waals surface area contributed by atoms with Crippen molar-refractivity contribution < 1.29 is 4.74 Å². The first-order valence-electron chi connectivity index (χ1n) is 5.59. The molecule has 0 spiro atoms. The van der Waals surface area contributed by atoms with Gasteiger partial charge in [0.2, 0.25) is 0 Å². The van der Waals surface area contributed by atoms with E-state index >= 15 is 0 Å². The van der Waals surface area contributed by atoms with E-state index in [0.29, 0.717) is 0 Å². The fourth-order valence-corrected chi connectivity index (χ4v) is 1.70. The van der Waals surface area contributed by atoms with Crippen LogP contribution in [0.15, 0.2) is 48.0 Å². The Bertz CT molecular complexity index is 354. The molecule has 15 heavy (non-hydrogen) atoms. The summed E-state index contributed by atoms with van der Waals surface area (Å²) >= 11 is 0. The molecule has 0 aromatic heterocycles. The summed E-state index contributed by atoms with van der Waals surface area (Å²) in [4.78, 5) is 0. The van der Waals surface area contributed by atoms with Crippen molar-refractivity contribution in [2.45, 2.75) is 33.1 Å². The highest BCUT2D eigenvalue weighted by Gasteiger charge is 2.17. The second-order valence-electron chi connectivity index (χ2n) is 4.83. The van der Waals surface area contributed by atoms with Gasteiger partial charge in [-0.3, -0.25) is 0 Å². The van der Waals surface area contributed by atoms with E-state index in [0.717, 1.165) is 30.8 Å². The minimum Gasteiger partial charge on any atom is -0.462 e. The number of hydrogen-bond acceptors (Lipinski definition) is 1. The molecule has 0 fully saturated rings. The second-order valence-corrected chi connectivity index (χ2v) is 4.83. The summed E-state index contributed by atoms with van der Waals surface area (Å²) in [6.07, 6.45) is 15.9. The monoisotopic (exact) mass is 202 g/mol. The molecule has 0 amide bonds. The molecule has 1 nitrogen and oxygen atoms in total. The van der Waals surface area contributed by atoms with E-state index in [-0.39, 0.29) is 5.41 Å². The summed E-state index contributed by atoms with van der Waals surface area (Å²) in [5.74, 6) is 2.07. The van der Waals surface area contributed by atoms with Gasteiger partial charge in [-0.05, 0) is 36.5 Å². The maximum absolute atomic E-state index is 5.81. The zero-order valence-corrected chi connectivity index (χ0v) is 9.49. The van der Waals surface area contributed by atoms with Gasteiger partial charge in [0.1, 0.15) is 11.5 Å². The number of ether oxygens (including phenoxy) is 1. The van der Waals surface area contributed by atoms with Crippen LogP contribution in [0.2, 0.25) is 0 Å². The van der Waals surface area contributed by atoms with Crippen LogP contribution >= 0.6 is 0 Å². The fraction of sp³-hybridized carbons (Fsp3) is 0.429. The molecular formula is C14H18O. The minimum atomic E-state index is 0.285. The van der Waals surface area contributed by atoms with Gasteiger partial charge in [-0.2, -0.15) is 0 Å². The lowest BCUT2D eigenvalue weighted by Gasteiger charge is -2.23. The minimum absolute atomic E-state index is 0.285. The van der Waals surface area contributed by atoms with Crippen molar-refractivity contribution in [1.82, 2.24) is 0 Å². The Labute approximate surface area is 91.8 Å². The van der Waals surface area contributed by atoms with Crippen molar-refractivity contribution in [3.05, 3.63) is 48.0 Å². The van der Waals surface area contributed by atoms with E-state index < -0.39 is 0 Å². The molecule has 2 aliphatic carbocycles. The molecule has 80 valence electrons. The molecule has 0 aromatic carbocycles. The third kappa shape index (κ3) is 2.85. The Morgan fingerprint density at radius 1 is 1.33 bits per heavy atom. The molecule has 0 aromatic rings. The quantitative estimate of drug-likeness (QED) is 0.655. The standard InChI is InChI=1S/C14H18O/c1-14(2)10-8-13(9-11-14)15-12-6-4-3-5-7-12/h3-4,6,8-10H,5,7,11H2,1-2H3. The van der Waals surface area contributed by atoms with Crippen molar-refractivity contribution in [1.29, 1.82) is 0 Å². The number of rotatable bonds is 2. The van der Waals surface area contributed by atoms with E-state index in [2.05, 4.69) is 50.3 Å². The summed E-state index contributed by atoms with van der Waals surface area (Å²) in [5.41, 5.74) is 0.285. The third-order valence-electron chi connectivity index (χ3n) is 2.75. The first-order valence-corrected chi connectivity index (χ1v) is 5.59. The highest BCUT2D eigenvalue weighted by Crippen LogP contribution is 2.30. The van der Waals surface area contributed by atoms with E-state index in [4.69, 9.17) is 4.74 Å². The van der Waals surface area contributed by atoms with Gasteiger partial charge < -0.3 is 4.74 Å². The maximum atomic E-state index is 5.81. The van der Waals surface area contributed by atoms with Gasteiger partial charge in [0, 0.05) is 6.42 Å². The van der Waals surface area contributed by atoms with Crippen LogP contribution in [-0.2, 0) is 4.74 Å². The maximum Gasteiger partial charge on any atom is 0.122 e. The van der Waals surface area contributed by atoms with Crippen LogP contribution in [0.5, 0.6) is 0 Å². The Kier molecular flexibility index (Phi) is 2.81. The average molecular weight is 202 g/mol. The lowest BCUT2D eigenvalue weighted by atomic mass is 9.86. The fourth-order valence-electron chi connectivity index (χ4n) is 1.70. The zero-order valence-electron chi connectivity index (χ0n) is 9.49. The summed E-state index contributed by atoms with van der Waals surface area (Å²) in [5, 5.41) is 0. The molecule has 1 heteroatoms. The van der Waals surface area contributed by atoms with Crippen LogP contribution in [0.1, 0.15) is 33.1 Å². The van der Waals surface area contributed by atoms with Crippen molar-refractivity contribution in [3.8, 4) is 0 Å².